The lowest BCUT2D eigenvalue weighted by molar-refractivity contribution is -0.113. The number of ether oxygens (including phenoxy) is 1. The van der Waals surface area contributed by atoms with Crippen molar-refractivity contribution in [1.29, 1.82) is 0 Å². The van der Waals surface area contributed by atoms with Crippen molar-refractivity contribution in [3.05, 3.63) is 82.0 Å². The number of thiocarbonyl (C=S) groups is 1. The quantitative estimate of drug-likeness (QED) is 0.413. The molecule has 0 radical (unpaired) electrons. The van der Waals surface area contributed by atoms with Gasteiger partial charge >= 0.3 is 5.97 Å². The molecule has 8 heteroatoms. The number of anilines is 1. The third kappa shape index (κ3) is 3.94. The SMILES string of the molecule is COc1ccc(N2C(=O)/C(=C/c3cc(C)n(-c4cccc(C(=O)O)c4)c3C)SC2=S)cc1. The van der Waals surface area contributed by atoms with Gasteiger partial charge in [0.05, 0.1) is 23.3 Å². The van der Waals surface area contributed by atoms with Crippen LogP contribution >= 0.6 is 24.0 Å². The number of aromatic carboxylic acids is 1. The Labute approximate surface area is 195 Å². The summed E-state index contributed by atoms with van der Waals surface area (Å²) < 4.78 is 7.62. The van der Waals surface area contributed by atoms with Crippen LogP contribution < -0.4 is 9.64 Å². The lowest BCUT2D eigenvalue weighted by atomic mass is 10.2. The first kappa shape index (κ1) is 21.9. The Balaban J connectivity index is 1.68. The van der Waals surface area contributed by atoms with Gasteiger partial charge in [0.1, 0.15) is 5.75 Å². The van der Waals surface area contributed by atoms with E-state index in [1.807, 2.05) is 36.6 Å². The molecule has 0 spiro atoms. The van der Waals surface area contributed by atoms with Crippen LogP contribution in [0.4, 0.5) is 5.69 Å². The van der Waals surface area contributed by atoms with Gasteiger partial charge in [-0.25, -0.2) is 4.79 Å². The number of hydrogen-bond acceptors (Lipinski definition) is 5. The molecule has 2 heterocycles. The Morgan fingerprint density at radius 3 is 2.47 bits per heavy atom. The maximum Gasteiger partial charge on any atom is 0.335 e. The molecule has 6 nitrogen and oxygen atoms in total. The molecule has 4 rings (SSSR count). The fourth-order valence-corrected chi connectivity index (χ4v) is 4.96. The number of amides is 1. The highest BCUT2D eigenvalue weighted by molar-refractivity contribution is 8.27. The first-order chi connectivity index (χ1) is 15.3. The molecule has 2 aromatic carbocycles. The number of carboxylic acid groups (broad SMARTS) is 1. The monoisotopic (exact) mass is 464 g/mol. The number of rotatable bonds is 5. The number of methoxy groups -OCH3 is 1. The first-order valence-electron chi connectivity index (χ1n) is 9.75. The molecule has 1 N–H and O–H groups in total. The molecular weight excluding hydrogens is 444 g/mol. The second-order valence-corrected chi connectivity index (χ2v) is 8.91. The summed E-state index contributed by atoms with van der Waals surface area (Å²) in [5.41, 5.74) is 4.37. The fraction of sp³-hybridized carbons (Fsp3) is 0.125. The third-order valence-corrected chi connectivity index (χ3v) is 6.53. The molecule has 1 amide bonds. The molecule has 1 aromatic heterocycles. The van der Waals surface area contributed by atoms with Gasteiger partial charge in [0.15, 0.2) is 4.32 Å². The second kappa shape index (κ2) is 8.64. The Hall–Kier alpha value is -3.36. The van der Waals surface area contributed by atoms with Gasteiger partial charge in [-0.1, -0.05) is 30.0 Å². The lowest BCUT2D eigenvalue weighted by Gasteiger charge is -2.14. The lowest BCUT2D eigenvalue weighted by Crippen LogP contribution is -2.27. The van der Waals surface area contributed by atoms with Crippen molar-refractivity contribution < 1.29 is 19.4 Å². The van der Waals surface area contributed by atoms with Crippen molar-refractivity contribution in [2.75, 3.05) is 12.0 Å². The molecule has 162 valence electrons. The molecule has 1 aliphatic rings. The number of nitrogens with zero attached hydrogens (tertiary/aromatic N) is 2. The number of aromatic nitrogens is 1. The van der Waals surface area contributed by atoms with Crippen LogP contribution in [0.5, 0.6) is 5.75 Å². The normalized spacial score (nSPS) is 15.0. The van der Waals surface area contributed by atoms with Gasteiger partial charge in [-0.2, -0.15) is 0 Å². The fourth-order valence-electron chi connectivity index (χ4n) is 3.67. The summed E-state index contributed by atoms with van der Waals surface area (Å²) in [5.74, 6) is -0.450. The van der Waals surface area contributed by atoms with E-state index < -0.39 is 5.97 Å². The molecule has 3 aromatic rings. The number of hydrogen-bond donors (Lipinski definition) is 1. The van der Waals surface area contributed by atoms with Gasteiger partial charge in [0.2, 0.25) is 0 Å². The molecular formula is C24H20N2O4S2. The first-order valence-corrected chi connectivity index (χ1v) is 11.0. The standard InChI is InChI=1S/C24H20N2O4S2/c1-14-11-17(15(2)25(14)19-6-4-5-16(12-19)23(28)29)13-21-22(27)26(24(31)32-21)18-7-9-20(30-3)10-8-18/h4-13H,1-3H3,(H,28,29)/b21-13-. The molecule has 0 atom stereocenters. The molecule has 1 saturated heterocycles. The van der Waals surface area contributed by atoms with Crippen LogP contribution in [-0.2, 0) is 4.79 Å². The van der Waals surface area contributed by atoms with Crippen LogP contribution in [0.25, 0.3) is 11.8 Å². The summed E-state index contributed by atoms with van der Waals surface area (Å²) in [5, 5.41) is 9.31. The van der Waals surface area contributed by atoms with Crippen molar-refractivity contribution >= 4 is 51.9 Å². The molecule has 32 heavy (non-hydrogen) atoms. The summed E-state index contributed by atoms with van der Waals surface area (Å²) >= 11 is 6.73. The predicted molar refractivity (Wildman–Crippen MR) is 131 cm³/mol. The van der Waals surface area contributed by atoms with E-state index in [2.05, 4.69) is 0 Å². The zero-order valence-electron chi connectivity index (χ0n) is 17.7. The summed E-state index contributed by atoms with van der Waals surface area (Å²) in [6.45, 7) is 3.89. The summed E-state index contributed by atoms with van der Waals surface area (Å²) in [7, 11) is 1.59. The zero-order valence-corrected chi connectivity index (χ0v) is 19.3. The average Bonchev–Trinajstić information content (AvgIpc) is 3.22. The van der Waals surface area contributed by atoms with Crippen molar-refractivity contribution in [1.82, 2.24) is 4.57 Å². The Morgan fingerprint density at radius 1 is 1.09 bits per heavy atom. The van der Waals surface area contributed by atoms with Crippen LogP contribution in [0, 0.1) is 13.8 Å². The van der Waals surface area contributed by atoms with Gasteiger partial charge in [0.25, 0.3) is 5.91 Å². The van der Waals surface area contributed by atoms with E-state index in [0.717, 1.165) is 22.6 Å². The van der Waals surface area contributed by atoms with Crippen molar-refractivity contribution in [3.63, 3.8) is 0 Å². The minimum absolute atomic E-state index is 0.178. The summed E-state index contributed by atoms with van der Waals surface area (Å²) in [6.07, 6.45) is 1.84. The highest BCUT2D eigenvalue weighted by Gasteiger charge is 2.33. The smallest absolute Gasteiger partial charge is 0.335 e. The minimum atomic E-state index is -0.975. The molecule has 1 aliphatic heterocycles. The number of benzene rings is 2. The highest BCUT2D eigenvalue weighted by atomic mass is 32.2. The number of aryl methyl sites for hydroxylation is 1. The maximum atomic E-state index is 13.1. The summed E-state index contributed by atoms with van der Waals surface area (Å²) in [4.78, 5) is 26.5. The van der Waals surface area contributed by atoms with E-state index in [4.69, 9.17) is 17.0 Å². The summed E-state index contributed by atoms with van der Waals surface area (Å²) in [6, 6.07) is 15.9. The van der Waals surface area contributed by atoms with Crippen molar-refractivity contribution in [2.45, 2.75) is 13.8 Å². The number of carboxylic acids is 1. The molecule has 0 saturated carbocycles. The van der Waals surface area contributed by atoms with Crippen LogP contribution in [0.1, 0.15) is 27.3 Å². The number of thioether (sulfide) groups is 1. The van der Waals surface area contributed by atoms with E-state index in [9.17, 15) is 14.7 Å². The average molecular weight is 465 g/mol. The van der Waals surface area contributed by atoms with Crippen LogP contribution in [0.15, 0.2) is 59.5 Å². The van der Waals surface area contributed by atoms with Crippen molar-refractivity contribution in [2.24, 2.45) is 0 Å². The van der Waals surface area contributed by atoms with E-state index in [0.29, 0.717) is 20.7 Å². The van der Waals surface area contributed by atoms with E-state index >= 15 is 0 Å². The third-order valence-electron chi connectivity index (χ3n) is 5.23. The minimum Gasteiger partial charge on any atom is -0.497 e. The zero-order chi connectivity index (χ0) is 23.0. The topological polar surface area (TPSA) is 71.8 Å². The second-order valence-electron chi connectivity index (χ2n) is 7.23. The van der Waals surface area contributed by atoms with Crippen molar-refractivity contribution in [3.8, 4) is 11.4 Å². The van der Waals surface area contributed by atoms with Gasteiger partial charge in [-0.15, -0.1) is 0 Å². The van der Waals surface area contributed by atoms with Gasteiger partial charge in [-0.05, 0) is 74.0 Å². The van der Waals surface area contributed by atoms with Gasteiger partial charge in [0, 0.05) is 17.1 Å². The molecule has 0 unspecified atom stereocenters. The predicted octanol–water partition coefficient (Wildman–Crippen LogP) is 5.21. The van der Waals surface area contributed by atoms with Gasteiger partial charge < -0.3 is 14.4 Å². The molecule has 0 bridgehead atoms. The molecule has 1 fully saturated rings. The van der Waals surface area contributed by atoms with E-state index in [1.165, 1.54) is 16.7 Å². The van der Waals surface area contributed by atoms with E-state index in [1.54, 1.807) is 49.6 Å². The van der Waals surface area contributed by atoms with Crippen LogP contribution in [0.3, 0.4) is 0 Å². The Bertz CT molecular complexity index is 1280. The van der Waals surface area contributed by atoms with E-state index in [-0.39, 0.29) is 11.5 Å². The Kier molecular flexibility index (Phi) is 5.90. The number of carbonyl (C=O) groups excluding carboxylic acids is 1. The number of carbonyl (C=O) groups is 2. The molecule has 0 aliphatic carbocycles. The Morgan fingerprint density at radius 2 is 1.81 bits per heavy atom. The van der Waals surface area contributed by atoms with Crippen LogP contribution in [-0.4, -0.2) is 33.0 Å². The highest BCUT2D eigenvalue weighted by Crippen LogP contribution is 2.37. The van der Waals surface area contributed by atoms with Crippen LogP contribution in [0.2, 0.25) is 0 Å². The van der Waals surface area contributed by atoms with Gasteiger partial charge in [-0.3, -0.25) is 9.69 Å². The largest absolute Gasteiger partial charge is 0.497 e. The maximum absolute atomic E-state index is 13.1.